The molecule has 2 aliphatic rings. The predicted molar refractivity (Wildman–Crippen MR) is 154 cm³/mol. The Morgan fingerprint density at radius 3 is 2.51 bits per heavy atom. The van der Waals surface area contributed by atoms with Crippen LogP contribution in [0.1, 0.15) is 45.6 Å². The van der Waals surface area contributed by atoms with Crippen molar-refractivity contribution in [3.8, 4) is 0 Å². The maximum absolute atomic E-state index is 13.8. The lowest BCUT2D eigenvalue weighted by molar-refractivity contribution is -0.137. The van der Waals surface area contributed by atoms with E-state index in [1.54, 1.807) is 30.5 Å². The standard InChI is InChI=1S/C29H35F3N8O/c1-18-3-6-21(11-27(18)40(34)17-26(33)25-15-35-37-19(25)2)28(41)36-23-12-22(29(30,31)32)13-24(14-23)39-9-7-38(8-10-39)16-20-4-5-20/h3,6,11-15,17,20H,4-5,7-10,16,33-34H2,1-2H3,(H,35,37)(H,36,41)/b26-17-. The number of hydrogen-bond donors (Lipinski definition) is 4. The quantitative estimate of drug-likeness (QED) is 0.234. The van der Waals surface area contributed by atoms with Crippen LogP contribution in [0.25, 0.3) is 5.70 Å². The molecule has 41 heavy (non-hydrogen) atoms. The fraction of sp³-hybridized carbons (Fsp3) is 0.379. The molecule has 1 aromatic heterocycles. The largest absolute Gasteiger partial charge is 0.416 e. The van der Waals surface area contributed by atoms with Crippen molar-refractivity contribution < 1.29 is 18.0 Å². The number of aryl methyl sites for hydroxylation is 2. The number of nitrogens with zero attached hydrogens (tertiary/aromatic N) is 4. The molecule has 0 bridgehead atoms. The number of carbonyl (C=O) groups excluding carboxylic acids is 1. The number of nitrogens with one attached hydrogen (secondary N) is 2. The van der Waals surface area contributed by atoms with Crippen molar-refractivity contribution in [3.63, 3.8) is 0 Å². The van der Waals surface area contributed by atoms with Gasteiger partial charge in [0.15, 0.2) is 0 Å². The third-order valence-electron chi connectivity index (χ3n) is 7.62. The lowest BCUT2D eigenvalue weighted by atomic mass is 10.1. The average Bonchev–Trinajstić information content (AvgIpc) is 3.64. The Morgan fingerprint density at radius 2 is 1.88 bits per heavy atom. The van der Waals surface area contributed by atoms with Crippen LogP contribution < -0.4 is 26.8 Å². The van der Waals surface area contributed by atoms with Gasteiger partial charge in [-0.15, -0.1) is 0 Å². The molecule has 12 heteroatoms. The van der Waals surface area contributed by atoms with E-state index in [9.17, 15) is 18.0 Å². The van der Waals surface area contributed by atoms with Crippen LogP contribution in [0.3, 0.4) is 0 Å². The first-order valence-corrected chi connectivity index (χ1v) is 13.6. The summed E-state index contributed by atoms with van der Waals surface area (Å²) in [6.45, 7) is 7.57. The van der Waals surface area contributed by atoms with Crippen molar-refractivity contribution in [2.24, 2.45) is 17.5 Å². The molecule has 1 saturated carbocycles. The van der Waals surface area contributed by atoms with Crippen LogP contribution in [-0.4, -0.2) is 53.7 Å². The summed E-state index contributed by atoms with van der Waals surface area (Å²) in [4.78, 5) is 17.6. The Kier molecular flexibility index (Phi) is 7.96. The molecular formula is C29H35F3N8O. The summed E-state index contributed by atoms with van der Waals surface area (Å²) >= 11 is 0. The van der Waals surface area contributed by atoms with Crippen molar-refractivity contribution in [2.45, 2.75) is 32.9 Å². The van der Waals surface area contributed by atoms with E-state index in [-0.39, 0.29) is 11.3 Å². The number of rotatable bonds is 8. The first kappa shape index (κ1) is 28.5. The van der Waals surface area contributed by atoms with Crippen LogP contribution in [0.5, 0.6) is 0 Å². The smallest absolute Gasteiger partial charge is 0.397 e. The summed E-state index contributed by atoms with van der Waals surface area (Å²) in [6.07, 6.45) is 1.07. The van der Waals surface area contributed by atoms with Crippen molar-refractivity contribution >= 4 is 28.7 Å². The van der Waals surface area contributed by atoms with Gasteiger partial charge in [0.2, 0.25) is 0 Å². The highest BCUT2D eigenvalue weighted by atomic mass is 19.4. The second kappa shape index (κ2) is 11.5. The number of anilines is 3. The molecule has 0 atom stereocenters. The van der Waals surface area contributed by atoms with Crippen LogP contribution in [0.2, 0.25) is 0 Å². The van der Waals surface area contributed by atoms with E-state index in [2.05, 4.69) is 20.4 Å². The molecule has 2 fully saturated rings. The maximum Gasteiger partial charge on any atom is 0.416 e. The highest BCUT2D eigenvalue weighted by Crippen LogP contribution is 2.36. The molecule has 0 spiro atoms. The van der Waals surface area contributed by atoms with Gasteiger partial charge >= 0.3 is 6.18 Å². The fourth-order valence-corrected chi connectivity index (χ4v) is 5.05. The molecular weight excluding hydrogens is 533 g/mol. The van der Waals surface area contributed by atoms with E-state index in [1.807, 2.05) is 18.7 Å². The summed E-state index contributed by atoms with van der Waals surface area (Å²) in [6, 6.07) is 8.61. The number of carbonyl (C=O) groups is 1. The summed E-state index contributed by atoms with van der Waals surface area (Å²) in [5, 5.41) is 10.7. The second-order valence-corrected chi connectivity index (χ2v) is 10.9. The predicted octanol–water partition coefficient (Wildman–Crippen LogP) is 4.47. The number of hydrazine groups is 1. The first-order valence-electron chi connectivity index (χ1n) is 13.6. The highest BCUT2D eigenvalue weighted by Gasteiger charge is 2.33. The lowest BCUT2D eigenvalue weighted by Crippen LogP contribution is -2.47. The summed E-state index contributed by atoms with van der Waals surface area (Å²) in [5.74, 6) is 6.47. The van der Waals surface area contributed by atoms with Crippen molar-refractivity contribution in [2.75, 3.05) is 47.9 Å². The minimum absolute atomic E-state index is 0.0755. The summed E-state index contributed by atoms with van der Waals surface area (Å²) in [7, 11) is 0. The molecule has 1 saturated heterocycles. The first-order chi connectivity index (χ1) is 19.5. The number of hydrogen-bond acceptors (Lipinski definition) is 7. The molecule has 3 aromatic rings. The monoisotopic (exact) mass is 568 g/mol. The summed E-state index contributed by atoms with van der Waals surface area (Å²) < 4.78 is 41.5. The maximum atomic E-state index is 13.8. The Bertz CT molecular complexity index is 1440. The van der Waals surface area contributed by atoms with Gasteiger partial charge in [0.1, 0.15) is 0 Å². The van der Waals surface area contributed by atoms with Crippen molar-refractivity contribution in [1.29, 1.82) is 0 Å². The van der Waals surface area contributed by atoms with Gasteiger partial charge in [-0.05, 0) is 68.5 Å². The third kappa shape index (κ3) is 6.83. The molecule has 0 radical (unpaired) electrons. The molecule has 1 aliphatic carbocycles. The Hall–Kier alpha value is -4.03. The Labute approximate surface area is 236 Å². The molecule has 1 aliphatic heterocycles. The van der Waals surface area contributed by atoms with Gasteiger partial charge in [-0.1, -0.05) is 6.07 Å². The molecule has 6 N–H and O–H groups in total. The van der Waals surface area contributed by atoms with Crippen LogP contribution >= 0.6 is 0 Å². The van der Waals surface area contributed by atoms with E-state index in [0.717, 1.165) is 48.9 Å². The van der Waals surface area contributed by atoms with Gasteiger partial charge in [-0.2, -0.15) is 18.3 Å². The number of amides is 1. The normalized spacial score (nSPS) is 16.6. The van der Waals surface area contributed by atoms with E-state index in [0.29, 0.717) is 35.7 Å². The van der Waals surface area contributed by atoms with Crippen molar-refractivity contribution in [1.82, 2.24) is 15.1 Å². The summed E-state index contributed by atoms with van der Waals surface area (Å²) in [5.41, 5.74) is 9.26. The van der Waals surface area contributed by atoms with Crippen LogP contribution in [-0.2, 0) is 6.18 Å². The number of halogens is 3. The van der Waals surface area contributed by atoms with E-state index < -0.39 is 17.6 Å². The number of benzene rings is 2. The van der Waals surface area contributed by atoms with Crippen LogP contribution in [0.15, 0.2) is 48.8 Å². The van der Waals surface area contributed by atoms with E-state index in [4.69, 9.17) is 11.6 Å². The molecule has 2 heterocycles. The zero-order valence-corrected chi connectivity index (χ0v) is 23.1. The topological polar surface area (TPSA) is 120 Å². The SMILES string of the molecule is Cc1ccc(C(=O)Nc2cc(N3CCN(CC4CC4)CC3)cc(C(F)(F)F)c2)cc1N(N)/C=C(\N)c1cn[nH]c1C. The third-order valence-corrected chi connectivity index (χ3v) is 7.62. The zero-order valence-electron chi connectivity index (χ0n) is 23.1. The van der Waals surface area contributed by atoms with E-state index >= 15 is 0 Å². The zero-order chi connectivity index (χ0) is 29.3. The van der Waals surface area contributed by atoms with Crippen molar-refractivity contribution in [3.05, 3.63) is 76.7 Å². The Morgan fingerprint density at radius 1 is 1.15 bits per heavy atom. The van der Waals surface area contributed by atoms with Gasteiger partial charge in [0.05, 0.1) is 23.1 Å². The minimum atomic E-state index is -4.56. The van der Waals surface area contributed by atoms with Crippen LogP contribution in [0, 0.1) is 19.8 Å². The molecule has 9 nitrogen and oxygen atoms in total. The number of nitrogens with two attached hydrogens (primary N) is 2. The molecule has 1 amide bonds. The molecule has 0 unspecified atom stereocenters. The number of aromatic nitrogens is 2. The molecule has 5 rings (SSSR count). The van der Waals surface area contributed by atoms with Gasteiger partial charge in [-0.3, -0.25) is 19.8 Å². The van der Waals surface area contributed by atoms with E-state index in [1.165, 1.54) is 24.1 Å². The number of aromatic amines is 1. The minimum Gasteiger partial charge on any atom is -0.397 e. The number of piperazine rings is 1. The lowest BCUT2D eigenvalue weighted by Gasteiger charge is -2.36. The molecule has 2 aromatic carbocycles. The van der Waals surface area contributed by atoms with Gasteiger partial charge < -0.3 is 16.0 Å². The fourth-order valence-electron chi connectivity index (χ4n) is 5.05. The number of alkyl halides is 3. The Balaban J connectivity index is 1.34. The van der Waals surface area contributed by atoms with Gasteiger partial charge in [0.25, 0.3) is 5.91 Å². The number of H-pyrrole nitrogens is 1. The second-order valence-electron chi connectivity index (χ2n) is 10.9. The average molecular weight is 569 g/mol. The van der Waals surface area contributed by atoms with Gasteiger partial charge in [0, 0.05) is 67.1 Å². The highest BCUT2D eigenvalue weighted by molar-refractivity contribution is 6.05. The molecule has 218 valence electrons. The van der Waals surface area contributed by atoms with Crippen LogP contribution in [0.4, 0.5) is 30.2 Å². The van der Waals surface area contributed by atoms with Gasteiger partial charge in [-0.25, -0.2) is 5.84 Å².